The number of fused-ring (bicyclic) bond motifs is 1. The van der Waals surface area contributed by atoms with Crippen molar-refractivity contribution in [2.45, 2.75) is 38.3 Å². The molecule has 4 aromatic rings. The van der Waals surface area contributed by atoms with Gasteiger partial charge in [0.15, 0.2) is 5.76 Å². The van der Waals surface area contributed by atoms with Crippen LogP contribution in [-0.2, 0) is 33.9 Å². The van der Waals surface area contributed by atoms with Gasteiger partial charge in [0.25, 0.3) is 5.91 Å². The zero-order chi connectivity index (χ0) is 26.3. The van der Waals surface area contributed by atoms with Crippen LogP contribution in [0.5, 0.6) is 5.75 Å². The molecular weight excluding hydrogens is 480 g/mol. The standard InChI is InChI=1S/C31H32N2O5/c1-36-26-11-12-28-27(17-26)24(18-33-28)13-14-32-31(35)29-15-25(23-5-3-2-4-6-23)16-30(38-29)37-20-22-9-7-21(19-34)8-10-22/h2-12,15,17-18,25,30,33-34H,13-14,16,19-20H2,1H3,(H,32,35). The molecule has 38 heavy (non-hydrogen) atoms. The third-order valence-corrected chi connectivity index (χ3v) is 6.80. The molecular formula is C31H32N2O5. The quantitative estimate of drug-likeness (QED) is 0.279. The maximum absolute atomic E-state index is 13.1. The molecule has 0 radical (unpaired) electrons. The van der Waals surface area contributed by atoms with Crippen LogP contribution in [0.2, 0.25) is 0 Å². The van der Waals surface area contributed by atoms with Gasteiger partial charge in [-0.1, -0.05) is 54.6 Å². The van der Waals surface area contributed by atoms with Gasteiger partial charge in [0.2, 0.25) is 6.29 Å². The van der Waals surface area contributed by atoms with E-state index in [0.29, 0.717) is 26.0 Å². The average Bonchev–Trinajstić information content (AvgIpc) is 3.38. The number of aliphatic hydroxyl groups excluding tert-OH is 1. The van der Waals surface area contributed by atoms with E-state index in [1.165, 1.54) is 0 Å². The predicted octanol–water partition coefficient (Wildman–Crippen LogP) is 4.96. The molecule has 3 N–H and O–H groups in total. The van der Waals surface area contributed by atoms with Crippen LogP contribution >= 0.6 is 0 Å². The predicted molar refractivity (Wildman–Crippen MR) is 145 cm³/mol. The molecule has 7 nitrogen and oxygen atoms in total. The summed E-state index contributed by atoms with van der Waals surface area (Å²) >= 11 is 0. The van der Waals surface area contributed by atoms with Crippen LogP contribution < -0.4 is 10.1 Å². The SMILES string of the molecule is COc1ccc2[nH]cc(CCNC(=O)C3=CC(c4ccccc4)CC(OCc4ccc(CO)cc4)O3)c2c1. The molecule has 5 rings (SSSR count). The topological polar surface area (TPSA) is 92.8 Å². The van der Waals surface area contributed by atoms with E-state index < -0.39 is 6.29 Å². The van der Waals surface area contributed by atoms with E-state index in [1.54, 1.807) is 7.11 Å². The molecule has 2 unspecified atom stereocenters. The van der Waals surface area contributed by atoms with Crippen molar-refractivity contribution in [2.24, 2.45) is 0 Å². The Morgan fingerprint density at radius 2 is 1.87 bits per heavy atom. The number of nitrogens with one attached hydrogen (secondary N) is 2. The number of ether oxygens (including phenoxy) is 3. The van der Waals surface area contributed by atoms with Crippen molar-refractivity contribution >= 4 is 16.8 Å². The maximum Gasteiger partial charge on any atom is 0.286 e. The van der Waals surface area contributed by atoms with Crippen molar-refractivity contribution in [3.63, 3.8) is 0 Å². The normalized spacial score (nSPS) is 17.1. The third-order valence-electron chi connectivity index (χ3n) is 6.80. The molecule has 7 heteroatoms. The van der Waals surface area contributed by atoms with E-state index in [0.717, 1.165) is 38.9 Å². The number of amides is 1. The van der Waals surface area contributed by atoms with E-state index in [4.69, 9.17) is 14.2 Å². The van der Waals surface area contributed by atoms with E-state index >= 15 is 0 Å². The molecule has 0 bridgehead atoms. The Morgan fingerprint density at radius 3 is 2.63 bits per heavy atom. The Kier molecular flexibility index (Phi) is 8.06. The van der Waals surface area contributed by atoms with Gasteiger partial charge >= 0.3 is 0 Å². The summed E-state index contributed by atoms with van der Waals surface area (Å²) in [6, 6.07) is 23.6. The first-order valence-electron chi connectivity index (χ1n) is 12.8. The van der Waals surface area contributed by atoms with Gasteiger partial charge in [0, 0.05) is 36.0 Å². The summed E-state index contributed by atoms with van der Waals surface area (Å²) in [5, 5.41) is 13.3. The second-order valence-corrected chi connectivity index (χ2v) is 9.35. The van der Waals surface area contributed by atoms with Gasteiger partial charge in [-0.15, -0.1) is 0 Å². The lowest BCUT2D eigenvalue weighted by Gasteiger charge is -2.29. The fraction of sp³-hybridized carbons (Fsp3) is 0.258. The number of allylic oxidation sites excluding steroid dienone is 1. The Bertz CT molecular complexity index is 1400. The highest BCUT2D eigenvalue weighted by molar-refractivity contribution is 5.92. The highest BCUT2D eigenvalue weighted by atomic mass is 16.7. The van der Waals surface area contributed by atoms with E-state index in [1.807, 2.05) is 72.9 Å². The van der Waals surface area contributed by atoms with Crippen LogP contribution in [0.3, 0.4) is 0 Å². The molecule has 0 saturated carbocycles. The minimum absolute atomic E-state index is 0.00337. The van der Waals surface area contributed by atoms with Gasteiger partial charge in [0.1, 0.15) is 5.75 Å². The lowest BCUT2D eigenvalue weighted by Crippen LogP contribution is -2.33. The summed E-state index contributed by atoms with van der Waals surface area (Å²) in [5.74, 6) is 0.800. The zero-order valence-electron chi connectivity index (χ0n) is 21.4. The number of carbonyl (C=O) groups is 1. The molecule has 0 aliphatic carbocycles. The number of rotatable bonds is 10. The minimum atomic E-state index is -0.565. The number of carbonyl (C=O) groups excluding carboxylic acids is 1. The number of H-pyrrole nitrogens is 1. The smallest absolute Gasteiger partial charge is 0.286 e. The van der Waals surface area contributed by atoms with Crippen LogP contribution in [0.4, 0.5) is 0 Å². The summed E-state index contributed by atoms with van der Waals surface area (Å²) in [6.07, 6.45) is 4.56. The number of aromatic amines is 1. The number of methoxy groups -OCH3 is 1. The summed E-state index contributed by atoms with van der Waals surface area (Å²) in [5.41, 5.74) is 5.06. The number of aromatic nitrogens is 1. The molecule has 196 valence electrons. The monoisotopic (exact) mass is 512 g/mol. The number of hydrogen-bond donors (Lipinski definition) is 3. The molecule has 3 aromatic carbocycles. The first-order valence-corrected chi connectivity index (χ1v) is 12.8. The van der Waals surface area contributed by atoms with Gasteiger partial charge in [-0.25, -0.2) is 0 Å². The summed E-state index contributed by atoms with van der Waals surface area (Å²) in [7, 11) is 1.65. The third kappa shape index (κ3) is 6.07. The second-order valence-electron chi connectivity index (χ2n) is 9.35. The largest absolute Gasteiger partial charge is 0.497 e. The maximum atomic E-state index is 13.1. The molecule has 1 aliphatic rings. The highest BCUT2D eigenvalue weighted by Gasteiger charge is 2.28. The summed E-state index contributed by atoms with van der Waals surface area (Å²) < 4.78 is 17.5. The Hall–Kier alpha value is -4.07. The molecule has 1 amide bonds. The van der Waals surface area contributed by atoms with Crippen LogP contribution in [0.25, 0.3) is 10.9 Å². The van der Waals surface area contributed by atoms with Gasteiger partial charge in [-0.05, 0) is 52.9 Å². The molecule has 0 fully saturated rings. The highest BCUT2D eigenvalue weighted by Crippen LogP contribution is 2.32. The second kappa shape index (κ2) is 12.0. The number of hydrogen-bond acceptors (Lipinski definition) is 5. The number of benzene rings is 3. The van der Waals surface area contributed by atoms with Crippen LogP contribution in [0, 0.1) is 0 Å². The van der Waals surface area contributed by atoms with Gasteiger partial charge in [-0.2, -0.15) is 0 Å². The van der Waals surface area contributed by atoms with Gasteiger partial charge in [-0.3, -0.25) is 4.79 Å². The lowest BCUT2D eigenvalue weighted by molar-refractivity contribution is -0.150. The molecule has 2 heterocycles. The Labute approximate surface area is 222 Å². The van der Waals surface area contributed by atoms with Crippen molar-refractivity contribution < 1.29 is 24.1 Å². The summed E-state index contributed by atoms with van der Waals surface area (Å²) in [6.45, 7) is 0.808. The van der Waals surface area contributed by atoms with Crippen molar-refractivity contribution in [1.82, 2.24) is 10.3 Å². The first-order chi connectivity index (χ1) is 18.6. The van der Waals surface area contributed by atoms with E-state index in [2.05, 4.69) is 22.4 Å². The van der Waals surface area contributed by atoms with Crippen LogP contribution in [-0.4, -0.2) is 35.9 Å². The molecule has 1 aliphatic heterocycles. The molecule has 1 aromatic heterocycles. The number of aliphatic hydroxyl groups is 1. The fourth-order valence-electron chi connectivity index (χ4n) is 4.67. The Balaban J connectivity index is 1.24. The molecule has 0 spiro atoms. The summed E-state index contributed by atoms with van der Waals surface area (Å²) in [4.78, 5) is 16.4. The van der Waals surface area contributed by atoms with Gasteiger partial charge in [0.05, 0.1) is 20.3 Å². The zero-order valence-corrected chi connectivity index (χ0v) is 21.4. The van der Waals surface area contributed by atoms with E-state index in [-0.39, 0.29) is 24.2 Å². The average molecular weight is 513 g/mol. The van der Waals surface area contributed by atoms with Crippen molar-refractivity contribution in [3.05, 3.63) is 113 Å². The Morgan fingerprint density at radius 1 is 1.08 bits per heavy atom. The van der Waals surface area contributed by atoms with Crippen molar-refractivity contribution in [3.8, 4) is 5.75 Å². The lowest BCUT2D eigenvalue weighted by atomic mass is 9.93. The molecule has 2 atom stereocenters. The van der Waals surface area contributed by atoms with Crippen molar-refractivity contribution in [2.75, 3.05) is 13.7 Å². The minimum Gasteiger partial charge on any atom is -0.497 e. The van der Waals surface area contributed by atoms with E-state index in [9.17, 15) is 9.90 Å². The first kappa shape index (κ1) is 25.6. The van der Waals surface area contributed by atoms with Crippen molar-refractivity contribution in [1.29, 1.82) is 0 Å². The fourth-order valence-corrected chi connectivity index (χ4v) is 4.67. The molecule has 0 saturated heterocycles. The van der Waals surface area contributed by atoms with Gasteiger partial charge < -0.3 is 29.6 Å². The van der Waals surface area contributed by atoms with Crippen LogP contribution in [0.1, 0.15) is 34.6 Å². The van der Waals surface area contributed by atoms with Crippen LogP contribution in [0.15, 0.2) is 90.8 Å².